The van der Waals surface area contributed by atoms with Crippen molar-refractivity contribution in [3.8, 4) is 11.3 Å². The summed E-state index contributed by atoms with van der Waals surface area (Å²) >= 11 is 14.4. The Labute approximate surface area is 279 Å². The van der Waals surface area contributed by atoms with Crippen LogP contribution >= 0.6 is 34.5 Å². The van der Waals surface area contributed by atoms with Gasteiger partial charge in [-0.2, -0.15) is 12.7 Å². The molecule has 2 bridgehead atoms. The summed E-state index contributed by atoms with van der Waals surface area (Å²) in [6.45, 7) is 1.31. The minimum atomic E-state index is -3.97. The van der Waals surface area contributed by atoms with E-state index in [2.05, 4.69) is 25.1 Å². The highest BCUT2D eigenvalue weighted by atomic mass is 35.5. The molecule has 15 heteroatoms. The molecule has 0 radical (unpaired) electrons. The Hall–Kier alpha value is -2.81. The van der Waals surface area contributed by atoms with E-state index in [0.29, 0.717) is 56.7 Å². The number of amides is 1. The number of hydrogen-bond donors (Lipinski definition) is 2. The van der Waals surface area contributed by atoms with Crippen LogP contribution in [0.2, 0.25) is 10.0 Å². The fourth-order valence-corrected chi connectivity index (χ4v) is 10.0. The number of fused-ring (bicyclic) bond motifs is 3. The van der Waals surface area contributed by atoms with E-state index in [1.807, 2.05) is 6.07 Å². The number of piperidine rings is 1. The predicted molar refractivity (Wildman–Crippen MR) is 175 cm³/mol. The number of carbonyl (C=O) groups is 1. The molecule has 2 N–H and O–H groups in total. The fraction of sp³-hybridized carbons (Fsp3) is 0.452. The number of benzene rings is 2. The van der Waals surface area contributed by atoms with E-state index in [0.717, 1.165) is 62.3 Å². The molecule has 242 valence electrons. The average Bonchev–Trinajstić information content (AvgIpc) is 3.37. The van der Waals surface area contributed by atoms with E-state index in [9.17, 15) is 13.2 Å². The summed E-state index contributed by atoms with van der Waals surface area (Å²) in [5.41, 5.74) is 2.51. The summed E-state index contributed by atoms with van der Waals surface area (Å²) in [5.74, 6) is -0.229. The van der Waals surface area contributed by atoms with Gasteiger partial charge in [-0.05, 0) is 69.2 Å². The molecule has 2 unspecified atom stereocenters. The molecule has 2 saturated carbocycles. The summed E-state index contributed by atoms with van der Waals surface area (Å²) in [4.78, 5) is 19.7. The van der Waals surface area contributed by atoms with E-state index >= 15 is 4.39 Å². The third-order valence-corrected chi connectivity index (χ3v) is 12.7. The summed E-state index contributed by atoms with van der Waals surface area (Å²) in [7, 11) is -3.97. The van der Waals surface area contributed by atoms with Crippen LogP contribution in [0.4, 0.5) is 9.52 Å². The average molecular weight is 706 g/mol. The highest BCUT2D eigenvalue weighted by molar-refractivity contribution is 7.87. The highest BCUT2D eigenvalue weighted by Gasteiger charge is 2.47. The Morgan fingerprint density at radius 2 is 1.80 bits per heavy atom. The van der Waals surface area contributed by atoms with Crippen LogP contribution in [0.25, 0.3) is 21.5 Å². The zero-order chi connectivity index (χ0) is 31.7. The van der Waals surface area contributed by atoms with Crippen LogP contribution in [0.5, 0.6) is 0 Å². The first-order chi connectivity index (χ1) is 22.2. The number of nitrogens with one attached hydrogen (secondary N) is 2. The number of rotatable bonds is 9. The van der Waals surface area contributed by atoms with Crippen molar-refractivity contribution >= 4 is 66.0 Å². The zero-order valence-electron chi connectivity index (χ0n) is 24.6. The van der Waals surface area contributed by atoms with Gasteiger partial charge in [-0.1, -0.05) is 45.8 Å². The lowest BCUT2D eigenvalue weighted by Crippen LogP contribution is -2.64. The van der Waals surface area contributed by atoms with Crippen LogP contribution in [-0.2, 0) is 16.8 Å². The van der Waals surface area contributed by atoms with Crippen molar-refractivity contribution in [2.45, 2.75) is 75.5 Å². The number of aromatic nitrogens is 2. The fourth-order valence-electron chi connectivity index (χ4n) is 7.07. The lowest BCUT2D eigenvalue weighted by Gasteiger charge is -2.55. The topological polar surface area (TPSA) is 121 Å². The number of hydrogen-bond acceptors (Lipinski definition) is 9. The maximum absolute atomic E-state index is 15.2. The predicted octanol–water partition coefficient (Wildman–Crippen LogP) is 6.24. The van der Waals surface area contributed by atoms with Gasteiger partial charge in [0.1, 0.15) is 17.0 Å². The molecular weight excluding hydrogens is 674 g/mol. The normalized spacial score (nSPS) is 23.2. The molecule has 2 aromatic carbocycles. The van der Waals surface area contributed by atoms with E-state index in [-0.39, 0.29) is 29.2 Å². The maximum Gasteiger partial charge on any atom is 0.304 e. The molecule has 2 aliphatic carbocycles. The van der Waals surface area contributed by atoms with E-state index in [1.54, 1.807) is 12.1 Å². The van der Waals surface area contributed by atoms with Crippen molar-refractivity contribution in [1.29, 1.82) is 0 Å². The lowest BCUT2D eigenvalue weighted by atomic mass is 9.77. The molecule has 3 aliphatic heterocycles. The van der Waals surface area contributed by atoms with Gasteiger partial charge in [0.05, 0.1) is 14.7 Å². The van der Waals surface area contributed by atoms with E-state index < -0.39 is 21.9 Å². The molecule has 2 atom stereocenters. The van der Waals surface area contributed by atoms with Crippen molar-refractivity contribution in [3.05, 3.63) is 63.1 Å². The smallest absolute Gasteiger partial charge is 0.304 e. The van der Waals surface area contributed by atoms with Crippen molar-refractivity contribution in [2.24, 2.45) is 0 Å². The molecule has 5 heterocycles. The van der Waals surface area contributed by atoms with Gasteiger partial charge in [0.2, 0.25) is 0 Å². The Morgan fingerprint density at radius 1 is 1.09 bits per heavy atom. The van der Waals surface area contributed by atoms with Gasteiger partial charge in [-0.3, -0.25) is 4.79 Å². The minimum Gasteiger partial charge on any atom is -0.360 e. The molecule has 9 rings (SSSR count). The van der Waals surface area contributed by atoms with E-state index in [4.69, 9.17) is 27.7 Å². The molecule has 5 fully saturated rings. The van der Waals surface area contributed by atoms with Gasteiger partial charge in [0, 0.05) is 60.4 Å². The molecule has 1 amide bonds. The molecular formula is C31H31Cl2FN6O4S2. The summed E-state index contributed by atoms with van der Waals surface area (Å²) in [6.07, 6.45) is 6.46. The van der Waals surface area contributed by atoms with Gasteiger partial charge in [0.25, 0.3) is 5.91 Å². The molecule has 46 heavy (non-hydrogen) atoms. The monoisotopic (exact) mass is 704 g/mol. The van der Waals surface area contributed by atoms with Crippen LogP contribution in [-0.4, -0.2) is 60.0 Å². The number of anilines is 1. The van der Waals surface area contributed by atoms with Crippen LogP contribution in [0, 0.1) is 5.82 Å². The second-order valence-electron chi connectivity index (χ2n) is 12.6. The second kappa shape index (κ2) is 11.7. The summed E-state index contributed by atoms with van der Waals surface area (Å²) < 4.78 is 50.0. The molecule has 10 nitrogen and oxygen atoms in total. The lowest BCUT2D eigenvalue weighted by molar-refractivity contribution is 0.0979. The van der Waals surface area contributed by atoms with Crippen molar-refractivity contribution in [3.63, 3.8) is 0 Å². The molecule has 3 saturated heterocycles. The standard InChI is InChI=1S/C31H31Cl2FN6O4S2/c32-22-4-3-5-23(33)26(22)27-21(29(44-37-27)16-6-7-16)15-35-18-12-19-14-20(13-18)40(19)31-36-28-24(34)10-17(11-25(28)45-31)30(41)38-46(42,43)39-8-1-2-9-39/h3-5,10-11,16,18-20,35H,1-2,6-9,12-15H2,(H,38,41). The quantitative estimate of drug-likeness (QED) is 0.210. The number of carbonyl (C=O) groups excluding carboxylic acids is 1. The number of nitrogens with zero attached hydrogens (tertiary/aromatic N) is 4. The molecule has 4 aromatic rings. The largest absolute Gasteiger partial charge is 0.360 e. The van der Waals surface area contributed by atoms with Gasteiger partial charge in [0.15, 0.2) is 10.9 Å². The van der Waals surface area contributed by atoms with Crippen LogP contribution in [0.1, 0.15) is 72.5 Å². The first-order valence-electron chi connectivity index (χ1n) is 15.5. The van der Waals surface area contributed by atoms with Gasteiger partial charge < -0.3 is 14.7 Å². The first kappa shape index (κ1) is 30.5. The van der Waals surface area contributed by atoms with Crippen LogP contribution < -0.4 is 14.9 Å². The van der Waals surface area contributed by atoms with Crippen molar-refractivity contribution in [2.75, 3.05) is 18.0 Å². The Kier molecular flexibility index (Phi) is 7.77. The van der Waals surface area contributed by atoms with Crippen molar-refractivity contribution < 1.29 is 22.1 Å². The molecule has 5 aliphatic rings. The molecule has 0 spiro atoms. The Balaban J connectivity index is 0.960. The summed E-state index contributed by atoms with van der Waals surface area (Å²) in [6, 6.07) is 8.75. The first-order valence-corrected chi connectivity index (χ1v) is 18.5. The van der Waals surface area contributed by atoms with Gasteiger partial charge in [-0.25, -0.2) is 14.1 Å². The highest BCUT2D eigenvalue weighted by Crippen LogP contribution is 2.47. The van der Waals surface area contributed by atoms with E-state index in [1.165, 1.54) is 21.7 Å². The van der Waals surface area contributed by atoms with Crippen molar-refractivity contribution in [1.82, 2.24) is 24.5 Å². The maximum atomic E-state index is 15.2. The minimum absolute atomic E-state index is 0.0483. The number of thiazole rings is 1. The Morgan fingerprint density at radius 3 is 2.50 bits per heavy atom. The number of halogens is 3. The van der Waals surface area contributed by atoms with Gasteiger partial charge in [-0.15, -0.1) is 0 Å². The zero-order valence-corrected chi connectivity index (χ0v) is 27.8. The third-order valence-electron chi connectivity index (χ3n) is 9.52. The Bertz CT molecular complexity index is 1930. The van der Waals surface area contributed by atoms with Crippen LogP contribution in [0.15, 0.2) is 34.9 Å². The SMILES string of the molecule is O=C(NS(=O)(=O)N1CCCC1)c1cc(F)c2nc(N3C4CC(NCc5c(-c6c(Cl)cccc6Cl)noc5C5CC5)CC3C4)sc2c1. The third kappa shape index (κ3) is 5.48. The molecule has 2 aromatic heterocycles. The van der Waals surface area contributed by atoms with Crippen LogP contribution in [0.3, 0.4) is 0 Å². The van der Waals surface area contributed by atoms with Gasteiger partial charge >= 0.3 is 10.2 Å². The summed E-state index contributed by atoms with van der Waals surface area (Å²) in [5, 5.41) is 9.92. The second-order valence-corrected chi connectivity index (χ2v) is 16.1.